The zero-order valence-electron chi connectivity index (χ0n) is 8.79. The third-order valence-corrected chi connectivity index (χ3v) is 2.51. The van der Waals surface area contributed by atoms with Crippen LogP contribution in [0, 0.1) is 0 Å². The summed E-state index contributed by atoms with van der Waals surface area (Å²) in [6.07, 6.45) is 3.30. The van der Waals surface area contributed by atoms with Gasteiger partial charge >= 0.3 is 0 Å². The monoisotopic (exact) mass is 227 g/mol. The van der Waals surface area contributed by atoms with Crippen molar-refractivity contribution in [1.82, 2.24) is 20.6 Å². The third-order valence-electron chi connectivity index (χ3n) is 2.51. The molecule has 0 saturated carbocycles. The highest BCUT2D eigenvalue weighted by atomic mass is 16.3. The molecule has 0 radical (unpaired) electrons. The van der Waals surface area contributed by atoms with Gasteiger partial charge in [0.15, 0.2) is 5.82 Å². The Labute approximate surface area is 96.5 Å². The second-order valence-electron chi connectivity index (χ2n) is 3.56. The molecule has 2 heterocycles. The number of nitrogens with one attached hydrogen (secondary N) is 1. The molecule has 0 fully saturated rings. The van der Waals surface area contributed by atoms with Gasteiger partial charge in [-0.25, -0.2) is 5.10 Å². The fourth-order valence-corrected chi connectivity index (χ4v) is 1.66. The maximum Gasteiger partial charge on any atom is 0.181 e. The van der Waals surface area contributed by atoms with Crippen molar-refractivity contribution < 1.29 is 4.42 Å². The van der Waals surface area contributed by atoms with Crippen molar-refractivity contribution in [2.24, 2.45) is 0 Å². The first-order chi connectivity index (χ1) is 8.34. The Hall–Kier alpha value is -2.63. The number of aromatic amines is 1. The molecule has 6 nitrogen and oxygen atoms in total. The Balaban J connectivity index is 2.06. The van der Waals surface area contributed by atoms with Gasteiger partial charge < -0.3 is 10.2 Å². The average molecular weight is 227 g/mol. The zero-order chi connectivity index (χ0) is 11.7. The van der Waals surface area contributed by atoms with E-state index in [9.17, 15) is 0 Å². The molecular formula is C11H9N5O. The van der Waals surface area contributed by atoms with Crippen molar-refractivity contribution in [2.75, 3.05) is 5.73 Å². The van der Waals surface area contributed by atoms with Gasteiger partial charge in [0.2, 0.25) is 0 Å². The largest absolute Gasteiger partial charge is 0.472 e. The number of nitrogens with two attached hydrogens (primary N) is 1. The van der Waals surface area contributed by atoms with Crippen molar-refractivity contribution in [2.45, 2.75) is 0 Å². The number of hydrogen-bond donors (Lipinski definition) is 2. The lowest BCUT2D eigenvalue weighted by atomic mass is 10.0. The lowest BCUT2D eigenvalue weighted by molar-refractivity contribution is 0.568. The SMILES string of the molecule is Nc1cc(-c2ccoc2)ccc1-c1nnn[nH]1. The topological polar surface area (TPSA) is 93.6 Å². The number of hydrogen-bond acceptors (Lipinski definition) is 5. The molecule has 0 aliphatic carbocycles. The Morgan fingerprint density at radius 1 is 1.18 bits per heavy atom. The van der Waals surface area contributed by atoms with Crippen molar-refractivity contribution in [3.05, 3.63) is 36.8 Å². The number of benzene rings is 1. The van der Waals surface area contributed by atoms with Crippen LogP contribution in [0.3, 0.4) is 0 Å². The molecule has 3 N–H and O–H groups in total. The van der Waals surface area contributed by atoms with Gasteiger partial charge in [0.25, 0.3) is 0 Å². The molecule has 2 aromatic heterocycles. The number of tetrazole rings is 1. The van der Waals surface area contributed by atoms with Crippen LogP contribution >= 0.6 is 0 Å². The van der Waals surface area contributed by atoms with Gasteiger partial charge in [-0.15, -0.1) is 5.10 Å². The minimum atomic E-state index is 0.557. The van der Waals surface area contributed by atoms with Crippen LogP contribution in [0.2, 0.25) is 0 Å². The summed E-state index contributed by atoms with van der Waals surface area (Å²) >= 11 is 0. The van der Waals surface area contributed by atoms with E-state index in [1.807, 2.05) is 24.3 Å². The first kappa shape index (κ1) is 9.59. The van der Waals surface area contributed by atoms with E-state index in [0.717, 1.165) is 16.7 Å². The average Bonchev–Trinajstić information content (AvgIpc) is 3.02. The van der Waals surface area contributed by atoms with Crippen molar-refractivity contribution in [3.8, 4) is 22.5 Å². The van der Waals surface area contributed by atoms with Crippen LogP contribution in [0.4, 0.5) is 5.69 Å². The fraction of sp³-hybridized carbons (Fsp3) is 0. The third kappa shape index (κ3) is 1.65. The molecule has 0 saturated heterocycles. The number of nitrogen functional groups attached to an aromatic ring is 1. The van der Waals surface area contributed by atoms with Gasteiger partial charge in [-0.1, -0.05) is 6.07 Å². The second kappa shape index (κ2) is 3.75. The molecule has 0 bridgehead atoms. The molecule has 3 rings (SSSR count). The standard InChI is InChI=1S/C11H9N5O/c12-10-5-7(8-3-4-17-6-8)1-2-9(10)11-13-15-16-14-11/h1-6H,12H2,(H,13,14,15,16). The summed E-state index contributed by atoms with van der Waals surface area (Å²) in [7, 11) is 0. The smallest absolute Gasteiger partial charge is 0.181 e. The van der Waals surface area contributed by atoms with Crippen LogP contribution in [0.15, 0.2) is 41.2 Å². The maximum absolute atomic E-state index is 5.97. The first-order valence-corrected chi connectivity index (χ1v) is 5.01. The van der Waals surface area contributed by atoms with E-state index in [1.165, 1.54) is 0 Å². The Morgan fingerprint density at radius 3 is 2.76 bits per heavy atom. The summed E-state index contributed by atoms with van der Waals surface area (Å²) in [6, 6.07) is 7.56. The molecule has 17 heavy (non-hydrogen) atoms. The highest BCUT2D eigenvalue weighted by molar-refractivity contribution is 5.77. The predicted molar refractivity (Wildman–Crippen MR) is 61.7 cm³/mol. The van der Waals surface area contributed by atoms with Crippen LogP contribution in [0.5, 0.6) is 0 Å². The highest BCUT2D eigenvalue weighted by Crippen LogP contribution is 2.28. The lowest BCUT2D eigenvalue weighted by Gasteiger charge is -2.04. The van der Waals surface area contributed by atoms with E-state index in [1.54, 1.807) is 12.5 Å². The van der Waals surface area contributed by atoms with Crippen molar-refractivity contribution in [1.29, 1.82) is 0 Å². The second-order valence-corrected chi connectivity index (χ2v) is 3.56. The van der Waals surface area contributed by atoms with E-state index in [-0.39, 0.29) is 0 Å². The molecule has 0 atom stereocenters. The lowest BCUT2D eigenvalue weighted by Crippen LogP contribution is -1.92. The highest BCUT2D eigenvalue weighted by Gasteiger charge is 2.08. The zero-order valence-corrected chi connectivity index (χ0v) is 8.79. The van der Waals surface area contributed by atoms with Gasteiger partial charge in [-0.3, -0.25) is 0 Å². The molecule has 0 spiro atoms. The van der Waals surface area contributed by atoms with Crippen LogP contribution in [0.1, 0.15) is 0 Å². The summed E-state index contributed by atoms with van der Waals surface area (Å²) in [5.41, 5.74) is 9.34. The predicted octanol–water partition coefficient (Wildman–Crippen LogP) is 1.71. The van der Waals surface area contributed by atoms with Gasteiger partial charge in [-0.05, 0) is 34.2 Å². The van der Waals surface area contributed by atoms with Crippen molar-refractivity contribution in [3.63, 3.8) is 0 Å². The van der Waals surface area contributed by atoms with E-state index < -0.39 is 0 Å². The number of anilines is 1. The van der Waals surface area contributed by atoms with E-state index in [0.29, 0.717) is 11.5 Å². The quantitative estimate of drug-likeness (QED) is 0.650. The number of furan rings is 1. The molecule has 0 aliphatic rings. The number of rotatable bonds is 2. The minimum Gasteiger partial charge on any atom is -0.472 e. The summed E-state index contributed by atoms with van der Waals surface area (Å²) in [4.78, 5) is 0. The van der Waals surface area contributed by atoms with Crippen LogP contribution in [0.25, 0.3) is 22.5 Å². The van der Waals surface area contributed by atoms with Crippen LogP contribution in [-0.4, -0.2) is 20.6 Å². The number of aromatic nitrogens is 4. The molecule has 0 aliphatic heterocycles. The first-order valence-electron chi connectivity index (χ1n) is 5.01. The minimum absolute atomic E-state index is 0.557. The number of H-pyrrole nitrogens is 1. The van der Waals surface area contributed by atoms with E-state index in [4.69, 9.17) is 10.2 Å². The summed E-state index contributed by atoms with van der Waals surface area (Å²) in [6.45, 7) is 0. The maximum atomic E-state index is 5.97. The van der Waals surface area contributed by atoms with E-state index >= 15 is 0 Å². The number of nitrogens with zero attached hydrogens (tertiary/aromatic N) is 3. The van der Waals surface area contributed by atoms with Crippen LogP contribution in [-0.2, 0) is 0 Å². The fourth-order valence-electron chi connectivity index (χ4n) is 1.66. The van der Waals surface area contributed by atoms with Gasteiger partial charge in [0.05, 0.1) is 12.5 Å². The summed E-state index contributed by atoms with van der Waals surface area (Å²) in [5.74, 6) is 0.557. The summed E-state index contributed by atoms with van der Waals surface area (Å²) in [5, 5.41) is 13.5. The van der Waals surface area contributed by atoms with Crippen LogP contribution < -0.4 is 5.73 Å². The normalized spacial score (nSPS) is 10.6. The Bertz CT molecular complexity index is 615. The summed E-state index contributed by atoms with van der Waals surface area (Å²) < 4.78 is 5.03. The Kier molecular flexibility index (Phi) is 2.11. The van der Waals surface area contributed by atoms with Gasteiger partial charge in [0.1, 0.15) is 0 Å². The molecule has 1 aromatic carbocycles. The van der Waals surface area contributed by atoms with Crippen molar-refractivity contribution >= 4 is 5.69 Å². The Morgan fingerprint density at radius 2 is 2.12 bits per heavy atom. The van der Waals surface area contributed by atoms with Gasteiger partial charge in [-0.2, -0.15) is 0 Å². The molecule has 0 unspecified atom stereocenters. The molecule has 6 heteroatoms. The molecule has 84 valence electrons. The molecule has 0 amide bonds. The van der Waals surface area contributed by atoms with Gasteiger partial charge in [0, 0.05) is 16.8 Å². The molecular weight excluding hydrogens is 218 g/mol. The van der Waals surface area contributed by atoms with E-state index in [2.05, 4.69) is 20.6 Å². The molecule has 3 aromatic rings.